The minimum Gasteiger partial charge on any atom is -0.357 e. The molecule has 0 unspecified atom stereocenters. The van der Waals surface area contributed by atoms with Crippen molar-refractivity contribution >= 4 is 39.4 Å². The summed E-state index contributed by atoms with van der Waals surface area (Å²) < 4.78 is 0.951. The molecule has 7 heteroatoms. The molecule has 23 heavy (non-hydrogen) atoms. The lowest BCUT2D eigenvalue weighted by Crippen LogP contribution is -2.41. The number of nitrogens with one attached hydrogen (secondary N) is 3. The van der Waals surface area contributed by atoms with E-state index in [9.17, 15) is 4.79 Å². The van der Waals surface area contributed by atoms with Crippen LogP contribution in [-0.4, -0.2) is 31.5 Å². The Morgan fingerprint density at radius 3 is 2.70 bits per heavy atom. The first-order valence-electron chi connectivity index (χ1n) is 7.84. The van der Waals surface area contributed by atoms with Crippen LogP contribution in [0, 0.1) is 5.92 Å². The zero-order valence-corrected chi connectivity index (χ0v) is 15.5. The van der Waals surface area contributed by atoms with Gasteiger partial charge in [-0.05, 0) is 37.5 Å². The minimum absolute atomic E-state index is 0.162. The van der Waals surface area contributed by atoms with Gasteiger partial charge >= 0.3 is 0 Å². The van der Waals surface area contributed by atoms with E-state index in [-0.39, 0.29) is 11.8 Å². The second kappa shape index (κ2) is 9.13. The number of amides is 1. The van der Waals surface area contributed by atoms with Crippen LogP contribution in [0.2, 0.25) is 5.02 Å². The summed E-state index contributed by atoms with van der Waals surface area (Å²) in [4.78, 5) is 16.1. The van der Waals surface area contributed by atoms with Crippen LogP contribution in [0.4, 0.5) is 0 Å². The van der Waals surface area contributed by atoms with Crippen molar-refractivity contribution in [3.05, 3.63) is 33.3 Å². The first-order valence-corrected chi connectivity index (χ1v) is 9.01. The minimum atomic E-state index is 0.162. The summed E-state index contributed by atoms with van der Waals surface area (Å²) in [6.07, 6.45) is 2.05. The van der Waals surface area contributed by atoms with Crippen molar-refractivity contribution in [2.75, 3.05) is 19.6 Å². The Morgan fingerprint density at radius 2 is 2.04 bits per heavy atom. The van der Waals surface area contributed by atoms with E-state index in [4.69, 9.17) is 11.6 Å². The molecule has 1 fully saturated rings. The lowest BCUT2D eigenvalue weighted by atomic mass is 10.2. The third kappa shape index (κ3) is 6.39. The molecule has 0 heterocycles. The van der Waals surface area contributed by atoms with Gasteiger partial charge in [0.15, 0.2) is 5.96 Å². The monoisotopic (exact) mass is 400 g/mol. The highest BCUT2D eigenvalue weighted by atomic mass is 79.9. The Hall–Kier alpha value is -1.27. The van der Waals surface area contributed by atoms with Gasteiger partial charge in [0.25, 0.3) is 0 Å². The van der Waals surface area contributed by atoms with Crippen LogP contribution in [0.1, 0.15) is 25.3 Å². The maximum absolute atomic E-state index is 11.5. The number of carbonyl (C=O) groups excluding carboxylic acids is 1. The fourth-order valence-corrected chi connectivity index (χ4v) is 2.75. The number of hydrogen-bond donors (Lipinski definition) is 3. The zero-order chi connectivity index (χ0) is 16.7. The summed E-state index contributed by atoms with van der Waals surface area (Å²) in [7, 11) is 0. The highest BCUT2D eigenvalue weighted by Crippen LogP contribution is 2.28. The first kappa shape index (κ1) is 18.1. The number of rotatable bonds is 7. The van der Waals surface area contributed by atoms with Gasteiger partial charge in [-0.15, -0.1) is 0 Å². The summed E-state index contributed by atoms with van der Waals surface area (Å²) in [5.41, 5.74) is 0.967. The number of halogens is 2. The van der Waals surface area contributed by atoms with Crippen LogP contribution in [-0.2, 0) is 11.3 Å². The third-order valence-corrected chi connectivity index (χ3v) is 4.28. The summed E-state index contributed by atoms with van der Waals surface area (Å²) >= 11 is 9.59. The van der Waals surface area contributed by atoms with Crippen molar-refractivity contribution < 1.29 is 4.79 Å². The quantitative estimate of drug-likeness (QED) is 0.374. The molecule has 2 rings (SSSR count). The summed E-state index contributed by atoms with van der Waals surface area (Å²) in [5, 5.41) is 10.0. The van der Waals surface area contributed by atoms with Crippen LogP contribution in [0.3, 0.4) is 0 Å². The number of nitrogens with zero attached hydrogens (tertiary/aromatic N) is 1. The summed E-state index contributed by atoms with van der Waals surface area (Å²) in [6, 6.07) is 5.76. The van der Waals surface area contributed by atoms with E-state index in [1.165, 1.54) is 0 Å². The third-order valence-electron chi connectivity index (χ3n) is 3.43. The first-order chi connectivity index (χ1) is 11.1. The van der Waals surface area contributed by atoms with Gasteiger partial charge in [0.1, 0.15) is 0 Å². The van der Waals surface area contributed by atoms with Crippen molar-refractivity contribution in [2.45, 2.75) is 26.3 Å². The topological polar surface area (TPSA) is 65.5 Å². The van der Waals surface area contributed by atoms with E-state index in [0.29, 0.717) is 30.6 Å². The average molecular weight is 402 g/mol. The van der Waals surface area contributed by atoms with E-state index in [0.717, 1.165) is 29.4 Å². The molecule has 0 bridgehead atoms. The van der Waals surface area contributed by atoms with Gasteiger partial charge in [0, 0.05) is 35.0 Å². The van der Waals surface area contributed by atoms with Crippen LogP contribution in [0.15, 0.2) is 27.7 Å². The van der Waals surface area contributed by atoms with E-state index in [2.05, 4.69) is 36.9 Å². The summed E-state index contributed by atoms with van der Waals surface area (Å²) in [6.45, 7) is 4.51. The Labute approximate surface area is 150 Å². The molecular weight excluding hydrogens is 380 g/mol. The molecule has 0 radical (unpaired) electrons. The molecular formula is C16H22BrClN4O. The number of aliphatic imine (C=N–C) groups is 1. The molecule has 1 aliphatic carbocycles. The Bertz CT molecular complexity index is 575. The molecule has 0 atom stereocenters. The lowest BCUT2D eigenvalue weighted by Gasteiger charge is -2.12. The van der Waals surface area contributed by atoms with Gasteiger partial charge in [-0.25, -0.2) is 4.99 Å². The molecule has 0 aromatic heterocycles. The average Bonchev–Trinajstić information content (AvgIpc) is 3.35. The lowest BCUT2D eigenvalue weighted by molar-refractivity contribution is -0.122. The maximum atomic E-state index is 11.5. The second-order valence-electron chi connectivity index (χ2n) is 5.42. The van der Waals surface area contributed by atoms with Gasteiger partial charge < -0.3 is 16.0 Å². The number of carbonyl (C=O) groups is 1. The van der Waals surface area contributed by atoms with Crippen LogP contribution in [0.25, 0.3) is 0 Å². The maximum Gasteiger partial charge on any atom is 0.223 e. The standard InChI is InChI=1S/C16H22BrClN4O/c1-2-19-16(21-8-7-20-15(23)11-3-4-11)22-10-12-5-6-13(17)9-14(12)18/h5-6,9,11H,2-4,7-8,10H2,1H3,(H,20,23)(H2,19,21,22). The van der Waals surface area contributed by atoms with Crippen molar-refractivity contribution in [1.29, 1.82) is 0 Å². The van der Waals surface area contributed by atoms with Gasteiger partial charge in [-0.3, -0.25) is 4.79 Å². The van der Waals surface area contributed by atoms with Crippen molar-refractivity contribution in [2.24, 2.45) is 10.9 Å². The zero-order valence-electron chi connectivity index (χ0n) is 13.2. The fraction of sp³-hybridized carbons (Fsp3) is 0.500. The van der Waals surface area contributed by atoms with E-state index in [1.54, 1.807) is 0 Å². The van der Waals surface area contributed by atoms with Gasteiger partial charge in [-0.2, -0.15) is 0 Å². The Balaban J connectivity index is 1.80. The molecule has 0 spiro atoms. The highest BCUT2D eigenvalue weighted by Gasteiger charge is 2.28. The summed E-state index contributed by atoms with van der Waals surface area (Å²) in [5.74, 6) is 1.12. The Morgan fingerprint density at radius 1 is 1.30 bits per heavy atom. The molecule has 1 aromatic carbocycles. The highest BCUT2D eigenvalue weighted by molar-refractivity contribution is 9.10. The Kier molecular flexibility index (Phi) is 7.17. The molecule has 1 aromatic rings. The molecule has 1 amide bonds. The van der Waals surface area contributed by atoms with E-state index >= 15 is 0 Å². The van der Waals surface area contributed by atoms with Gasteiger partial charge in [-0.1, -0.05) is 33.6 Å². The number of benzene rings is 1. The molecule has 126 valence electrons. The second-order valence-corrected chi connectivity index (χ2v) is 6.75. The van der Waals surface area contributed by atoms with Gasteiger partial charge in [0.05, 0.1) is 6.54 Å². The van der Waals surface area contributed by atoms with Crippen LogP contribution < -0.4 is 16.0 Å². The normalized spacial score (nSPS) is 14.5. The van der Waals surface area contributed by atoms with Crippen LogP contribution in [0.5, 0.6) is 0 Å². The predicted octanol–water partition coefficient (Wildman–Crippen LogP) is 2.68. The van der Waals surface area contributed by atoms with Crippen LogP contribution >= 0.6 is 27.5 Å². The molecule has 1 aliphatic rings. The molecule has 0 aliphatic heterocycles. The number of guanidine groups is 1. The fourth-order valence-electron chi connectivity index (χ4n) is 2.01. The largest absolute Gasteiger partial charge is 0.357 e. The molecule has 5 nitrogen and oxygen atoms in total. The molecule has 3 N–H and O–H groups in total. The van der Waals surface area contributed by atoms with E-state index < -0.39 is 0 Å². The van der Waals surface area contributed by atoms with Crippen molar-refractivity contribution in [3.63, 3.8) is 0 Å². The SMILES string of the molecule is CCNC(=NCc1ccc(Br)cc1Cl)NCCNC(=O)C1CC1. The smallest absolute Gasteiger partial charge is 0.223 e. The number of hydrogen-bond acceptors (Lipinski definition) is 2. The molecule has 0 saturated heterocycles. The predicted molar refractivity (Wildman–Crippen MR) is 97.7 cm³/mol. The molecule has 1 saturated carbocycles. The van der Waals surface area contributed by atoms with E-state index in [1.807, 2.05) is 25.1 Å². The van der Waals surface area contributed by atoms with Gasteiger partial charge in [0.2, 0.25) is 5.91 Å². The van der Waals surface area contributed by atoms with Crippen molar-refractivity contribution in [1.82, 2.24) is 16.0 Å². The van der Waals surface area contributed by atoms with Crippen molar-refractivity contribution in [3.8, 4) is 0 Å².